The van der Waals surface area contributed by atoms with Gasteiger partial charge < -0.3 is 10.0 Å². The number of rotatable bonds is 5. The van der Waals surface area contributed by atoms with Crippen LogP contribution in [-0.4, -0.2) is 39.5 Å². The number of aliphatic hydroxyl groups excluding tert-OH is 1. The van der Waals surface area contributed by atoms with Crippen molar-refractivity contribution in [3.05, 3.63) is 70.8 Å². The number of aromatic amines is 1. The van der Waals surface area contributed by atoms with Gasteiger partial charge in [0.05, 0.1) is 23.9 Å². The summed E-state index contributed by atoms with van der Waals surface area (Å²) in [5, 5.41) is 18.2. The fourth-order valence-corrected chi connectivity index (χ4v) is 4.96. The molecule has 5 rings (SSSR count). The molecule has 0 aliphatic carbocycles. The molecule has 1 aliphatic rings. The van der Waals surface area contributed by atoms with Crippen molar-refractivity contribution in [3.8, 4) is 22.5 Å². The fourth-order valence-electron chi connectivity index (χ4n) is 4.96. The first-order valence-electron chi connectivity index (χ1n) is 12.1. The minimum atomic E-state index is -0.310. The maximum Gasteiger partial charge on any atom is 0.197 e. The Morgan fingerprint density at radius 2 is 2.00 bits per heavy atom. The molecular weight excluding hydrogens is 441 g/mol. The Balaban J connectivity index is 1.60. The van der Waals surface area contributed by atoms with E-state index in [9.17, 15) is 5.11 Å². The van der Waals surface area contributed by atoms with Crippen molar-refractivity contribution >= 4 is 22.4 Å². The SMILES string of the molecule is [C-]#[N+]c1cc2[nH]nc(-c3cccc(N4CCC(O)CC4)n3)c2cc1-c1c(C)cc(CCC)cc1F. The number of benzene rings is 2. The Morgan fingerprint density at radius 1 is 1.20 bits per heavy atom. The first-order chi connectivity index (χ1) is 17.0. The predicted molar refractivity (Wildman–Crippen MR) is 137 cm³/mol. The Morgan fingerprint density at radius 3 is 2.71 bits per heavy atom. The summed E-state index contributed by atoms with van der Waals surface area (Å²) in [4.78, 5) is 10.7. The Labute approximate surface area is 204 Å². The summed E-state index contributed by atoms with van der Waals surface area (Å²) in [6, 6.07) is 13.0. The highest BCUT2D eigenvalue weighted by Gasteiger charge is 2.21. The van der Waals surface area contributed by atoms with Gasteiger partial charge in [-0.1, -0.05) is 31.5 Å². The third-order valence-corrected chi connectivity index (χ3v) is 6.72. The highest BCUT2D eigenvalue weighted by atomic mass is 19.1. The maximum absolute atomic E-state index is 15.3. The number of pyridine rings is 1. The first-order valence-corrected chi connectivity index (χ1v) is 12.1. The molecular formula is C28H28FN5O. The van der Waals surface area contributed by atoms with Gasteiger partial charge in [-0.2, -0.15) is 5.10 Å². The number of aliphatic hydroxyl groups is 1. The zero-order valence-electron chi connectivity index (χ0n) is 20.0. The summed E-state index contributed by atoms with van der Waals surface area (Å²) < 4.78 is 15.3. The van der Waals surface area contributed by atoms with E-state index >= 15 is 4.39 Å². The molecule has 7 heteroatoms. The van der Waals surface area contributed by atoms with E-state index in [2.05, 4.69) is 26.9 Å². The van der Waals surface area contributed by atoms with Crippen LogP contribution in [0.1, 0.15) is 37.3 Å². The lowest BCUT2D eigenvalue weighted by Crippen LogP contribution is -2.36. The van der Waals surface area contributed by atoms with Crippen LogP contribution in [0.25, 0.3) is 38.3 Å². The minimum absolute atomic E-state index is 0.250. The quantitative estimate of drug-likeness (QED) is 0.341. The number of anilines is 1. The normalized spacial score (nSPS) is 14.4. The molecule has 35 heavy (non-hydrogen) atoms. The zero-order valence-corrected chi connectivity index (χ0v) is 20.0. The van der Waals surface area contributed by atoms with Gasteiger partial charge in [0.15, 0.2) is 5.69 Å². The van der Waals surface area contributed by atoms with E-state index in [1.54, 1.807) is 12.1 Å². The maximum atomic E-state index is 15.3. The van der Waals surface area contributed by atoms with E-state index in [1.807, 2.05) is 37.3 Å². The van der Waals surface area contributed by atoms with Crippen LogP contribution < -0.4 is 4.90 Å². The van der Waals surface area contributed by atoms with Crippen LogP contribution in [0.4, 0.5) is 15.9 Å². The van der Waals surface area contributed by atoms with E-state index in [-0.39, 0.29) is 11.9 Å². The van der Waals surface area contributed by atoms with Crippen molar-refractivity contribution in [1.29, 1.82) is 0 Å². The zero-order chi connectivity index (χ0) is 24.5. The van der Waals surface area contributed by atoms with Crippen molar-refractivity contribution in [2.45, 2.75) is 45.6 Å². The molecule has 0 amide bonds. The molecule has 2 N–H and O–H groups in total. The van der Waals surface area contributed by atoms with Gasteiger partial charge >= 0.3 is 0 Å². The van der Waals surface area contributed by atoms with Crippen molar-refractivity contribution in [2.75, 3.05) is 18.0 Å². The van der Waals surface area contributed by atoms with Gasteiger partial charge in [0, 0.05) is 24.0 Å². The smallest absolute Gasteiger partial charge is 0.197 e. The molecule has 0 saturated carbocycles. The summed E-state index contributed by atoms with van der Waals surface area (Å²) >= 11 is 0. The second kappa shape index (κ2) is 9.47. The van der Waals surface area contributed by atoms with E-state index in [4.69, 9.17) is 11.6 Å². The van der Waals surface area contributed by atoms with Crippen LogP contribution in [0, 0.1) is 19.3 Å². The lowest BCUT2D eigenvalue weighted by Gasteiger charge is -2.30. The van der Waals surface area contributed by atoms with Crippen LogP contribution in [0.15, 0.2) is 42.5 Å². The molecule has 0 atom stereocenters. The summed E-state index contributed by atoms with van der Waals surface area (Å²) in [6.07, 6.45) is 2.96. The topological polar surface area (TPSA) is 69.4 Å². The molecule has 0 spiro atoms. The Hall–Kier alpha value is -3.76. The highest BCUT2D eigenvalue weighted by Crippen LogP contribution is 2.40. The lowest BCUT2D eigenvalue weighted by molar-refractivity contribution is 0.145. The van der Waals surface area contributed by atoms with Crippen LogP contribution in [0.5, 0.6) is 0 Å². The number of aromatic nitrogens is 3. The van der Waals surface area contributed by atoms with Crippen molar-refractivity contribution in [1.82, 2.24) is 15.2 Å². The highest BCUT2D eigenvalue weighted by molar-refractivity contribution is 6.00. The molecule has 0 bridgehead atoms. The van der Waals surface area contributed by atoms with Gasteiger partial charge in [0.2, 0.25) is 0 Å². The largest absolute Gasteiger partial charge is 0.393 e. The third-order valence-electron chi connectivity index (χ3n) is 6.72. The minimum Gasteiger partial charge on any atom is -0.393 e. The van der Waals surface area contributed by atoms with E-state index in [0.29, 0.717) is 33.7 Å². The third kappa shape index (κ3) is 4.38. The number of nitrogens with one attached hydrogen (secondary N) is 1. The van der Waals surface area contributed by atoms with Crippen LogP contribution >= 0.6 is 0 Å². The Bertz CT molecular complexity index is 1410. The molecule has 1 saturated heterocycles. The average molecular weight is 470 g/mol. The van der Waals surface area contributed by atoms with Gasteiger partial charge in [-0.05, 0) is 67.1 Å². The van der Waals surface area contributed by atoms with Gasteiger partial charge in [-0.15, -0.1) is 0 Å². The number of aryl methyl sites for hydroxylation is 2. The van der Waals surface area contributed by atoms with Crippen LogP contribution in [-0.2, 0) is 6.42 Å². The molecule has 0 unspecified atom stereocenters. The predicted octanol–water partition coefficient (Wildman–Crippen LogP) is 6.20. The van der Waals surface area contributed by atoms with Gasteiger partial charge in [0.1, 0.15) is 17.3 Å². The van der Waals surface area contributed by atoms with E-state index in [0.717, 1.165) is 61.1 Å². The molecule has 4 aromatic rings. The monoisotopic (exact) mass is 469 g/mol. The fraction of sp³-hybridized carbons (Fsp3) is 0.321. The number of H-pyrrole nitrogens is 1. The van der Waals surface area contributed by atoms with E-state index in [1.165, 1.54) is 0 Å². The summed E-state index contributed by atoms with van der Waals surface area (Å²) in [6.45, 7) is 13.2. The van der Waals surface area contributed by atoms with Crippen molar-refractivity contribution < 1.29 is 9.50 Å². The molecule has 0 radical (unpaired) electrons. The molecule has 1 aliphatic heterocycles. The molecule has 6 nitrogen and oxygen atoms in total. The lowest BCUT2D eigenvalue weighted by atomic mass is 9.94. The number of piperidine rings is 1. The average Bonchev–Trinajstić information content (AvgIpc) is 3.27. The molecule has 178 valence electrons. The van der Waals surface area contributed by atoms with Gasteiger partial charge in [0.25, 0.3) is 0 Å². The summed E-state index contributed by atoms with van der Waals surface area (Å²) in [5.41, 5.74) is 5.26. The second-order valence-electron chi connectivity index (χ2n) is 9.22. The molecule has 2 aromatic carbocycles. The number of nitrogens with zero attached hydrogens (tertiary/aromatic N) is 4. The van der Waals surface area contributed by atoms with Crippen LogP contribution in [0.2, 0.25) is 0 Å². The standard InChI is InChI=1S/C28H28FN5O/c1-4-6-18-13-17(2)27(22(29)14-18)20-15-21-25(16-24(20)30-3)32-33-28(21)23-7-5-8-26(31-23)34-11-9-19(35)10-12-34/h5,7-8,13-16,19,35H,4,6,9-12H2,1-2H3,(H,32,33). The van der Waals surface area contributed by atoms with Crippen molar-refractivity contribution in [3.63, 3.8) is 0 Å². The van der Waals surface area contributed by atoms with Crippen molar-refractivity contribution in [2.24, 2.45) is 0 Å². The van der Waals surface area contributed by atoms with Crippen LogP contribution in [0.3, 0.4) is 0 Å². The van der Waals surface area contributed by atoms with Gasteiger partial charge in [-0.3, -0.25) is 5.10 Å². The molecule has 2 aromatic heterocycles. The van der Waals surface area contributed by atoms with Gasteiger partial charge in [-0.25, -0.2) is 14.2 Å². The Kier molecular flexibility index (Phi) is 6.23. The summed E-state index contributed by atoms with van der Waals surface area (Å²) in [5.74, 6) is 0.534. The second-order valence-corrected chi connectivity index (χ2v) is 9.22. The number of hydrogen-bond donors (Lipinski definition) is 2. The number of halogens is 1. The number of fused-ring (bicyclic) bond motifs is 1. The first kappa shape index (κ1) is 23.0. The van der Waals surface area contributed by atoms with E-state index < -0.39 is 0 Å². The molecule has 3 heterocycles. The summed E-state index contributed by atoms with van der Waals surface area (Å²) in [7, 11) is 0. The molecule has 1 fully saturated rings. The number of hydrogen-bond acceptors (Lipinski definition) is 4.